The van der Waals surface area contributed by atoms with Crippen molar-refractivity contribution in [1.29, 1.82) is 0 Å². The molecule has 0 saturated heterocycles. The average Bonchev–Trinajstić information content (AvgIpc) is 2.59. The number of hydrogen-bond acceptors (Lipinski definition) is 4. The SMILES string of the molecule is CC(CC(=O)NCc1ccc(Cl)cc1)=NNC(=O)c1ccccc1O. The summed E-state index contributed by atoms with van der Waals surface area (Å²) in [6, 6.07) is 13.3. The van der Waals surface area contributed by atoms with E-state index in [4.69, 9.17) is 11.6 Å². The van der Waals surface area contributed by atoms with E-state index in [-0.39, 0.29) is 23.6 Å². The summed E-state index contributed by atoms with van der Waals surface area (Å²) in [7, 11) is 0. The van der Waals surface area contributed by atoms with Crippen molar-refractivity contribution in [3.63, 3.8) is 0 Å². The minimum absolute atomic E-state index is 0.0502. The van der Waals surface area contributed by atoms with E-state index in [1.54, 1.807) is 31.2 Å². The summed E-state index contributed by atoms with van der Waals surface area (Å²) in [5.74, 6) is -0.888. The van der Waals surface area contributed by atoms with Crippen molar-refractivity contribution in [2.75, 3.05) is 0 Å². The third-order valence-corrected chi connectivity index (χ3v) is 3.57. The Morgan fingerprint density at radius 2 is 1.80 bits per heavy atom. The zero-order valence-corrected chi connectivity index (χ0v) is 14.4. The maximum absolute atomic E-state index is 11.9. The standard InChI is InChI=1S/C18H18ClN3O3/c1-12(21-22-18(25)15-4-2-3-5-16(15)23)10-17(24)20-11-13-6-8-14(19)9-7-13/h2-9,23H,10-11H2,1H3,(H,20,24)(H,22,25). The molecule has 0 atom stereocenters. The number of rotatable bonds is 6. The average molecular weight is 360 g/mol. The van der Waals surface area contributed by atoms with E-state index in [9.17, 15) is 14.7 Å². The molecule has 3 N–H and O–H groups in total. The van der Waals surface area contributed by atoms with Crippen LogP contribution in [0.25, 0.3) is 0 Å². The molecule has 0 aliphatic rings. The number of aromatic hydroxyl groups is 1. The first-order valence-corrected chi connectivity index (χ1v) is 7.96. The van der Waals surface area contributed by atoms with E-state index < -0.39 is 5.91 Å². The van der Waals surface area contributed by atoms with Crippen molar-refractivity contribution in [2.24, 2.45) is 5.10 Å². The van der Waals surface area contributed by atoms with Gasteiger partial charge in [0.15, 0.2) is 0 Å². The number of hydrogen-bond donors (Lipinski definition) is 3. The first-order chi connectivity index (χ1) is 12.0. The number of phenolic OH excluding ortho intramolecular Hbond substituents is 1. The maximum Gasteiger partial charge on any atom is 0.275 e. The van der Waals surface area contributed by atoms with Crippen molar-refractivity contribution >= 4 is 29.1 Å². The Kier molecular flexibility index (Phi) is 6.54. The van der Waals surface area contributed by atoms with Crippen molar-refractivity contribution in [3.8, 4) is 5.75 Å². The molecule has 130 valence electrons. The monoisotopic (exact) mass is 359 g/mol. The van der Waals surface area contributed by atoms with Gasteiger partial charge in [0, 0.05) is 17.3 Å². The Morgan fingerprint density at radius 3 is 2.48 bits per heavy atom. The predicted molar refractivity (Wildman–Crippen MR) is 96.6 cm³/mol. The molecule has 2 aromatic rings. The molecular weight excluding hydrogens is 342 g/mol. The van der Waals surface area contributed by atoms with Crippen LogP contribution in [-0.4, -0.2) is 22.6 Å². The Labute approximate surface area is 150 Å². The summed E-state index contributed by atoms with van der Waals surface area (Å²) < 4.78 is 0. The number of para-hydroxylation sites is 1. The third-order valence-electron chi connectivity index (χ3n) is 3.32. The summed E-state index contributed by atoms with van der Waals surface area (Å²) >= 11 is 5.80. The summed E-state index contributed by atoms with van der Waals surface area (Å²) in [5, 5.41) is 16.9. The molecule has 0 spiro atoms. The Balaban J connectivity index is 1.82. The van der Waals surface area contributed by atoms with Crippen LogP contribution in [0.1, 0.15) is 29.3 Å². The number of amides is 2. The fraction of sp³-hybridized carbons (Fsp3) is 0.167. The lowest BCUT2D eigenvalue weighted by atomic mass is 10.2. The summed E-state index contributed by atoms with van der Waals surface area (Å²) in [6.45, 7) is 2.01. The zero-order valence-electron chi connectivity index (χ0n) is 13.6. The highest BCUT2D eigenvalue weighted by atomic mass is 35.5. The number of nitrogens with zero attached hydrogens (tertiary/aromatic N) is 1. The van der Waals surface area contributed by atoms with Crippen LogP contribution in [0.15, 0.2) is 53.6 Å². The molecule has 0 aliphatic heterocycles. The third kappa shape index (κ3) is 5.93. The quantitative estimate of drug-likeness (QED) is 0.547. The van der Waals surface area contributed by atoms with Crippen molar-refractivity contribution in [1.82, 2.24) is 10.7 Å². The molecule has 0 fully saturated rings. The van der Waals surface area contributed by atoms with Gasteiger partial charge < -0.3 is 10.4 Å². The minimum atomic E-state index is -0.543. The molecule has 0 aliphatic carbocycles. The molecule has 0 heterocycles. The number of hydrazone groups is 1. The van der Waals surface area contributed by atoms with Gasteiger partial charge in [0.2, 0.25) is 5.91 Å². The highest BCUT2D eigenvalue weighted by Crippen LogP contribution is 2.15. The highest BCUT2D eigenvalue weighted by Gasteiger charge is 2.10. The first kappa shape index (κ1) is 18.5. The second-order valence-electron chi connectivity index (χ2n) is 5.39. The van der Waals surface area contributed by atoms with Gasteiger partial charge >= 0.3 is 0 Å². The van der Waals surface area contributed by atoms with Gasteiger partial charge in [-0.05, 0) is 36.8 Å². The van der Waals surface area contributed by atoms with Crippen LogP contribution < -0.4 is 10.7 Å². The lowest BCUT2D eigenvalue weighted by Crippen LogP contribution is -2.26. The fourth-order valence-corrected chi connectivity index (χ4v) is 2.14. The molecular formula is C18H18ClN3O3. The summed E-state index contributed by atoms with van der Waals surface area (Å²) in [5.41, 5.74) is 3.81. The van der Waals surface area contributed by atoms with Crippen LogP contribution in [0, 0.1) is 0 Å². The number of halogens is 1. The van der Waals surface area contributed by atoms with Crippen molar-refractivity contribution in [2.45, 2.75) is 19.9 Å². The van der Waals surface area contributed by atoms with Gasteiger partial charge in [-0.1, -0.05) is 35.9 Å². The van der Waals surface area contributed by atoms with Crippen LogP contribution in [-0.2, 0) is 11.3 Å². The normalized spacial score (nSPS) is 11.0. The topological polar surface area (TPSA) is 90.8 Å². The largest absolute Gasteiger partial charge is 0.507 e. The van der Waals surface area contributed by atoms with Crippen LogP contribution >= 0.6 is 11.6 Å². The number of carbonyl (C=O) groups excluding carboxylic acids is 2. The van der Waals surface area contributed by atoms with Gasteiger partial charge in [-0.2, -0.15) is 5.10 Å². The van der Waals surface area contributed by atoms with E-state index in [1.807, 2.05) is 12.1 Å². The summed E-state index contributed by atoms with van der Waals surface area (Å²) in [6.07, 6.45) is 0.0502. The molecule has 2 amide bonds. The van der Waals surface area contributed by atoms with Gasteiger partial charge in [-0.15, -0.1) is 0 Å². The van der Waals surface area contributed by atoms with E-state index in [0.717, 1.165) is 5.56 Å². The Hall–Kier alpha value is -2.86. The lowest BCUT2D eigenvalue weighted by Gasteiger charge is -2.06. The minimum Gasteiger partial charge on any atom is -0.507 e. The van der Waals surface area contributed by atoms with Crippen LogP contribution in [0.3, 0.4) is 0 Å². The number of carbonyl (C=O) groups is 2. The van der Waals surface area contributed by atoms with E-state index >= 15 is 0 Å². The summed E-state index contributed by atoms with van der Waals surface area (Å²) in [4.78, 5) is 23.8. The molecule has 0 saturated carbocycles. The lowest BCUT2D eigenvalue weighted by molar-refractivity contribution is -0.120. The van der Waals surface area contributed by atoms with Crippen LogP contribution in [0.2, 0.25) is 5.02 Å². The highest BCUT2D eigenvalue weighted by molar-refractivity contribution is 6.30. The van der Waals surface area contributed by atoms with E-state index in [1.165, 1.54) is 12.1 Å². The molecule has 0 radical (unpaired) electrons. The Morgan fingerprint density at radius 1 is 1.12 bits per heavy atom. The molecule has 7 heteroatoms. The predicted octanol–water partition coefficient (Wildman–Crippen LogP) is 2.86. The molecule has 0 unspecified atom stereocenters. The second kappa shape index (κ2) is 8.84. The van der Waals surface area contributed by atoms with Gasteiger partial charge in [0.1, 0.15) is 5.75 Å². The second-order valence-corrected chi connectivity index (χ2v) is 5.82. The smallest absolute Gasteiger partial charge is 0.275 e. The molecule has 25 heavy (non-hydrogen) atoms. The van der Waals surface area contributed by atoms with E-state index in [0.29, 0.717) is 17.3 Å². The Bertz CT molecular complexity index is 788. The van der Waals surface area contributed by atoms with Gasteiger partial charge in [0.05, 0.1) is 12.0 Å². The van der Waals surface area contributed by atoms with Gasteiger partial charge in [-0.25, -0.2) is 5.43 Å². The molecule has 2 aromatic carbocycles. The van der Waals surface area contributed by atoms with Crippen LogP contribution in [0.4, 0.5) is 0 Å². The number of phenols is 1. The fourth-order valence-electron chi connectivity index (χ4n) is 2.01. The van der Waals surface area contributed by atoms with E-state index in [2.05, 4.69) is 15.8 Å². The van der Waals surface area contributed by atoms with Crippen LogP contribution in [0.5, 0.6) is 5.75 Å². The number of nitrogens with one attached hydrogen (secondary N) is 2. The van der Waals surface area contributed by atoms with Crippen molar-refractivity contribution < 1.29 is 14.7 Å². The molecule has 0 aromatic heterocycles. The first-order valence-electron chi connectivity index (χ1n) is 7.58. The molecule has 2 rings (SSSR count). The van der Waals surface area contributed by atoms with Gasteiger partial charge in [0.25, 0.3) is 5.91 Å². The maximum atomic E-state index is 11.9. The van der Waals surface area contributed by atoms with Gasteiger partial charge in [-0.3, -0.25) is 9.59 Å². The van der Waals surface area contributed by atoms with Crippen molar-refractivity contribution in [3.05, 3.63) is 64.7 Å². The molecule has 6 nitrogen and oxygen atoms in total. The number of benzene rings is 2. The zero-order chi connectivity index (χ0) is 18.2. The molecule has 0 bridgehead atoms.